The van der Waals surface area contributed by atoms with Crippen LogP contribution < -0.4 is 9.64 Å². The maximum atomic E-state index is 8.92. The Morgan fingerprint density at radius 1 is 1.00 bits per heavy atom. The van der Waals surface area contributed by atoms with Crippen molar-refractivity contribution in [1.29, 1.82) is 5.26 Å². The zero-order chi connectivity index (χ0) is 25.0. The molecule has 2 fully saturated rings. The van der Waals surface area contributed by atoms with Crippen LogP contribution >= 0.6 is 0 Å². The number of rotatable bonds is 8. The number of aromatic nitrogens is 4. The first kappa shape index (κ1) is 23.4. The molecule has 9 nitrogen and oxygen atoms in total. The molecule has 2 saturated heterocycles. The number of imidazole rings is 1. The second-order valence-corrected chi connectivity index (χ2v) is 9.44. The third-order valence-electron chi connectivity index (χ3n) is 7.01. The monoisotopic (exact) mass is 495 g/mol. The normalized spacial score (nSPS) is 17.9. The number of fused-ring (bicyclic) bond motifs is 1. The molecule has 4 aromatic rings. The molecule has 9 heteroatoms. The van der Waals surface area contributed by atoms with Gasteiger partial charge in [-0.2, -0.15) is 10.2 Å². The predicted molar refractivity (Wildman–Crippen MR) is 139 cm³/mol. The first-order valence-corrected chi connectivity index (χ1v) is 12.7. The van der Waals surface area contributed by atoms with Crippen LogP contribution in [0.5, 0.6) is 5.88 Å². The van der Waals surface area contributed by atoms with E-state index in [1.807, 2.05) is 24.3 Å². The fourth-order valence-electron chi connectivity index (χ4n) is 4.80. The number of piperazine rings is 1. The lowest BCUT2D eigenvalue weighted by atomic mass is 10.2. The van der Waals surface area contributed by atoms with Crippen LogP contribution in [0.1, 0.15) is 23.5 Å². The van der Waals surface area contributed by atoms with Gasteiger partial charge in [0.25, 0.3) is 0 Å². The van der Waals surface area contributed by atoms with Crippen LogP contribution in [0.15, 0.2) is 60.8 Å². The first-order chi connectivity index (χ1) is 18.2. The lowest BCUT2D eigenvalue weighted by Gasteiger charge is -2.35. The van der Waals surface area contributed by atoms with E-state index in [9.17, 15) is 0 Å². The Hall–Kier alpha value is -4.00. The summed E-state index contributed by atoms with van der Waals surface area (Å²) in [6, 6.07) is 19.9. The summed E-state index contributed by atoms with van der Waals surface area (Å²) in [6.45, 7) is 6.51. The van der Waals surface area contributed by atoms with E-state index < -0.39 is 0 Å². The van der Waals surface area contributed by atoms with Gasteiger partial charge >= 0.3 is 0 Å². The minimum atomic E-state index is 0.293. The lowest BCUT2D eigenvalue weighted by molar-refractivity contribution is -0.0592. The molecule has 0 N–H and O–H groups in total. The van der Waals surface area contributed by atoms with Crippen LogP contribution in [0, 0.1) is 11.3 Å². The van der Waals surface area contributed by atoms with Gasteiger partial charge in [0.15, 0.2) is 0 Å². The molecule has 2 aliphatic heterocycles. The number of hydrogen-bond donors (Lipinski definition) is 0. The van der Waals surface area contributed by atoms with Crippen LogP contribution in [-0.4, -0.2) is 63.3 Å². The summed E-state index contributed by atoms with van der Waals surface area (Å²) >= 11 is 0. The van der Waals surface area contributed by atoms with Crippen molar-refractivity contribution in [3.63, 3.8) is 0 Å². The van der Waals surface area contributed by atoms with Crippen LogP contribution in [-0.2, 0) is 24.4 Å². The summed E-state index contributed by atoms with van der Waals surface area (Å²) in [6.07, 6.45) is 2.96. The van der Waals surface area contributed by atoms with Gasteiger partial charge in [0.05, 0.1) is 41.5 Å². The number of benzene rings is 1. The average Bonchev–Trinajstić information content (AvgIpc) is 3.27. The van der Waals surface area contributed by atoms with Gasteiger partial charge in [-0.15, -0.1) is 0 Å². The minimum Gasteiger partial charge on any atom is -0.471 e. The van der Waals surface area contributed by atoms with E-state index in [4.69, 9.17) is 24.7 Å². The van der Waals surface area contributed by atoms with E-state index in [0.29, 0.717) is 24.2 Å². The second-order valence-electron chi connectivity index (χ2n) is 9.44. The van der Waals surface area contributed by atoms with Crippen molar-refractivity contribution in [2.24, 2.45) is 0 Å². The van der Waals surface area contributed by atoms with Gasteiger partial charge in [0, 0.05) is 45.0 Å². The molecule has 1 atom stereocenters. The molecule has 2 aliphatic rings. The summed E-state index contributed by atoms with van der Waals surface area (Å²) in [5, 5.41) is 8.92. The Balaban J connectivity index is 1.07. The molecule has 37 heavy (non-hydrogen) atoms. The Morgan fingerprint density at radius 3 is 2.62 bits per heavy atom. The van der Waals surface area contributed by atoms with Crippen LogP contribution in [0.2, 0.25) is 0 Å². The summed E-state index contributed by atoms with van der Waals surface area (Å²) in [4.78, 5) is 18.7. The standard InChI is InChI=1S/C28H29N7O2/c29-16-21-8-9-22(30-17-21)20-37-28-7-3-6-26(32-28)34-13-11-33(12-14-34)19-27-31-24-4-1-2-5-25(24)35(27)18-23-10-15-36-23/h1-9,17,23H,10-15,18-20H2/t23-/m0/s1. The van der Waals surface area contributed by atoms with Gasteiger partial charge in [0.2, 0.25) is 5.88 Å². The van der Waals surface area contributed by atoms with Crippen LogP contribution in [0.25, 0.3) is 11.0 Å². The average molecular weight is 496 g/mol. The van der Waals surface area contributed by atoms with Gasteiger partial charge in [-0.3, -0.25) is 9.88 Å². The molecule has 5 heterocycles. The molecule has 0 radical (unpaired) electrons. The van der Waals surface area contributed by atoms with E-state index in [1.54, 1.807) is 18.3 Å². The number of ether oxygens (including phenoxy) is 2. The van der Waals surface area contributed by atoms with Gasteiger partial charge in [0.1, 0.15) is 24.3 Å². The summed E-state index contributed by atoms with van der Waals surface area (Å²) in [5.41, 5.74) is 3.53. The fraction of sp³-hybridized carbons (Fsp3) is 0.357. The van der Waals surface area contributed by atoms with Crippen molar-refractivity contribution in [3.8, 4) is 11.9 Å². The van der Waals surface area contributed by atoms with Crippen LogP contribution in [0.4, 0.5) is 5.82 Å². The van der Waals surface area contributed by atoms with Gasteiger partial charge in [-0.05, 0) is 36.8 Å². The first-order valence-electron chi connectivity index (χ1n) is 12.7. The lowest BCUT2D eigenvalue weighted by Crippen LogP contribution is -2.46. The number of anilines is 1. The number of hydrogen-bond acceptors (Lipinski definition) is 8. The Labute approximate surface area is 215 Å². The molecule has 188 valence electrons. The quantitative estimate of drug-likeness (QED) is 0.367. The second kappa shape index (κ2) is 10.5. The number of nitriles is 1. The molecular formula is C28H29N7O2. The number of nitrogens with zero attached hydrogens (tertiary/aromatic N) is 7. The maximum absolute atomic E-state index is 8.92. The molecule has 0 bridgehead atoms. The molecule has 0 aliphatic carbocycles. The third-order valence-corrected chi connectivity index (χ3v) is 7.01. The molecule has 0 unspecified atom stereocenters. The van der Waals surface area contributed by atoms with Crippen molar-refractivity contribution in [1.82, 2.24) is 24.4 Å². The van der Waals surface area contributed by atoms with Crippen molar-refractivity contribution in [2.45, 2.75) is 32.2 Å². The summed E-state index contributed by atoms with van der Waals surface area (Å²) < 4.78 is 13.9. The van der Waals surface area contributed by atoms with Crippen molar-refractivity contribution >= 4 is 16.9 Å². The van der Waals surface area contributed by atoms with E-state index in [1.165, 1.54) is 5.52 Å². The number of para-hydroxylation sites is 2. The number of pyridine rings is 2. The highest BCUT2D eigenvalue weighted by molar-refractivity contribution is 5.75. The van der Waals surface area contributed by atoms with E-state index >= 15 is 0 Å². The predicted octanol–water partition coefficient (Wildman–Crippen LogP) is 3.39. The van der Waals surface area contributed by atoms with E-state index in [0.717, 1.165) is 75.1 Å². The molecule has 0 spiro atoms. The highest BCUT2D eigenvalue weighted by atomic mass is 16.5. The maximum Gasteiger partial charge on any atom is 0.215 e. The van der Waals surface area contributed by atoms with Gasteiger partial charge in [-0.25, -0.2) is 4.98 Å². The zero-order valence-corrected chi connectivity index (χ0v) is 20.7. The largest absolute Gasteiger partial charge is 0.471 e. The Morgan fingerprint density at radius 2 is 1.86 bits per heavy atom. The molecule has 0 amide bonds. The highest BCUT2D eigenvalue weighted by Gasteiger charge is 2.24. The van der Waals surface area contributed by atoms with E-state index in [2.05, 4.69) is 43.6 Å². The van der Waals surface area contributed by atoms with Gasteiger partial charge < -0.3 is 18.9 Å². The topological polar surface area (TPSA) is 92.3 Å². The minimum absolute atomic E-state index is 0.293. The molecule has 3 aromatic heterocycles. The summed E-state index contributed by atoms with van der Waals surface area (Å²) in [7, 11) is 0. The van der Waals surface area contributed by atoms with Crippen molar-refractivity contribution in [3.05, 3.63) is 77.9 Å². The van der Waals surface area contributed by atoms with E-state index in [-0.39, 0.29) is 0 Å². The molecule has 1 aromatic carbocycles. The Bertz CT molecular complexity index is 1400. The zero-order valence-electron chi connectivity index (χ0n) is 20.7. The molecule has 6 rings (SSSR count). The SMILES string of the molecule is N#Cc1ccc(COc2cccc(N3CCN(Cc4nc5ccccc5n4C[C@@H]4CCO4)CC3)n2)nc1. The Kier molecular flexibility index (Phi) is 6.67. The molecular weight excluding hydrogens is 466 g/mol. The smallest absolute Gasteiger partial charge is 0.215 e. The van der Waals surface area contributed by atoms with Crippen molar-refractivity contribution in [2.75, 3.05) is 37.7 Å². The fourth-order valence-corrected chi connectivity index (χ4v) is 4.80. The summed E-state index contributed by atoms with van der Waals surface area (Å²) in [5.74, 6) is 2.59. The van der Waals surface area contributed by atoms with Crippen molar-refractivity contribution < 1.29 is 9.47 Å². The third kappa shape index (κ3) is 5.26. The highest BCUT2D eigenvalue weighted by Crippen LogP contribution is 2.23. The van der Waals surface area contributed by atoms with Crippen LogP contribution in [0.3, 0.4) is 0 Å². The van der Waals surface area contributed by atoms with Gasteiger partial charge in [-0.1, -0.05) is 18.2 Å². The molecule has 0 saturated carbocycles.